The maximum absolute atomic E-state index is 13.6. The molecule has 0 bridgehead atoms. The summed E-state index contributed by atoms with van der Waals surface area (Å²) in [5.41, 5.74) is -0.682. The van der Waals surface area contributed by atoms with Gasteiger partial charge in [0.25, 0.3) is 5.91 Å². The van der Waals surface area contributed by atoms with Crippen LogP contribution in [0.25, 0.3) is 0 Å². The molecule has 2 aromatic rings. The molecule has 0 spiro atoms. The van der Waals surface area contributed by atoms with Crippen molar-refractivity contribution in [1.29, 1.82) is 10.0 Å². The molecule has 1 aromatic heterocycles. The Bertz CT molecular complexity index is 1540. The third-order valence-corrected chi connectivity index (χ3v) is 7.16. The maximum Gasteiger partial charge on any atom is 0.422 e. The van der Waals surface area contributed by atoms with Crippen molar-refractivity contribution in [1.82, 2.24) is 10.3 Å². The summed E-state index contributed by atoms with van der Waals surface area (Å²) in [4.78, 5) is 31.0. The predicted octanol–water partition coefficient (Wildman–Crippen LogP) is 4.21. The zero-order valence-corrected chi connectivity index (χ0v) is 24.0. The van der Waals surface area contributed by atoms with Crippen LogP contribution in [0.4, 0.5) is 24.7 Å². The molecule has 11 nitrogen and oxygen atoms in total. The number of carbonyl (C=O) groups is 2. The highest BCUT2D eigenvalue weighted by molar-refractivity contribution is 7.91. The van der Waals surface area contributed by atoms with Gasteiger partial charge in [-0.15, -0.1) is 5.10 Å². The number of ether oxygens (including phenoxy) is 1. The first-order valence-electron chi connectivity index (χ1n) is 12.0. The lowest BCUT2D eigenvalue weighted by Gasteiger charge is -2.27. The van der Waals surface area contributed by atoms with Crippen LogP contribution in [-0.2, 0) is 19.3 Å². The number of hydrazone groups is 1. The minimum atomic E-state index is -4.64. The van der Waals surface area contributed by atoms with Gasteiger partial charge in [-0.3, -0.25) is 18.6 Å². The van der Waals surface area contributed by atoms with Crippen molar-refractivity contribution in [2.45, 2.75) is 44.9 Å². The van der Waals surface area contributed by atoms with E-state index in [2.05, 4.69) is 20.7 Å². The third kappa shape index (κ3) is 8.54. The molecule has 220 valence electrons. The van der Waals surface area contributed by atoms with Crippen molar-refractivity contribution in [3.05, 3.63) is 52.2 Å². The minimum absolute atomic E-state index is 0.00486. The summed E-state index contributed by atoms with van der Waals surface area (Å²) in [5.74, 6) is -2.03. The van der Waals surface area contributed by atoms with E-state index in [0.717, 1.165) is 5.01 Å². The number of benzene rings is 1. The molecule has 2 unspecified atom stereocenters. The Labute approximate surface area is 239 Å². The highest BCUT2D eigenvalue weighted by Gasteiger charge is 2.39. The van der Waals surface area contributed by atoms with Gasteiger partial charge < -0.3 is 15.4 Å². The molecule has 0 saturated carbocycles. The van der Waals surface area contributed by atoms with Gasteiger partial charge in [-0.05, 0) is 50.6 Å². The fourth-order valence-electron chi connectivity index (χ4n) is 4.18. The van der Waals surface area contributed by atoms with E-state index in [4.69, 9.17) is 21.1 Å². The zero-order chi connectivity index (χ0) is 30.8. The second kappa shape index (κ2) is 11.9. The Kier molecular flexibility index (Phi) is 9.19. The van der Waals surface area contributed by atoms with Crippen LogP contribution in [0, 0.1) is 23.0 Å². The van der Waals surface area contributed by atoms with Gasteiger partial charge in [-0.2, -0.15) is 18.4 Å². The largest absolute Gasteiger partial charge is 0.470 e. The van der Waals surface area contributed by atoms with E-state index < -0.39 is 45.9 Å². The van der Waals surface area contributed by atoms with E-state index >= 15 is 0 Å². The number of halogens is 4. The summed E-state index contributed by atoms with van der Waals surface area (Å²) < 4.78 is 62.9. The van der Waals surface area contributed by atoms with Crippen molar-refractivity contribution < 1.29 is 31.7 Å². The smallest absolute Gasteiger partial charge is 0.422 e. The molecule has 0 aliphatic carbocycles. The van der Waals surface area contributed by atoms with Gasteiger partial charge in [-0.1, -0.05) is 11.6 Å². The van der Waals surface area contributed by atoms with Crippen LogP contribution in [0.2, 0.25) is 5.02 Å². The fourth-order valence-corrected chi connectivity index (χ4v) is 5.84. The molecule has 0 fully saturated rings. The number of aryl methyl sites for hydroxylation is 1. The van der Waals surface area contributed by atoms with Gasteiger partial charge in [-0.25, -0.2) is 9.99 Å². The number of hydrogen-bond acceptors (Lipinski definition) is 9. The lowest BCUT2D eigenvalue weighted by molar-refractivity contribution is -0.156. The number of nitrogens with zero attached hydrogens (tertiary/aromatic N) is 4. The first-order valence-corrected chi connectivity index (χ1v) is 14.5. The van der Waals surface area contributed by atoms with Crippen LogP contribution >= 0.6 is 11.6 Å². The van der Waals surface area contributed by atoms with Crippen LogP contribution in [0.3, 0.4) is 0 Å². The molecule has 2 heterocycles. The number of amides is 2. The number of pyridine rings is 1. The predicted molar refractivity (Wildman–Crippen MR) is 147 cm³/mol. The van der Waals surface area contributed by atoms with E-state index in [1.54, 1.807) is 20.8 Å². The first-order chi connectivity index (χ1) is 18.9. The molecular weight excluding hydrogens is 587 g/mol. The van der Waals surface area contributed by atoms with E-state index in [9.17, 15) is 32.2 Å². The standard InChI is InChI=1S/C25H27ClF3N7O4S/c1-14-8-15(11-30)9-16(22(37)34-24(2,3)13-41(4,31)39)20(14)33-23(38)18-10-19(40-12-25(27,28)29)35-36(18)21-17(26)6-5-7-32-21/h5-9,18,31H,10,12-13H2,1-4H3,(H,33,38)(H,34,37). The number of alkyl halides is 3. The molecule has 16 heteroatoms. The second-order valence-electron chi connectivity index (χ2n) is 10.1. The first kappa shape index (κ1) is 31.6. The van der Waals surface area contributed by atoms with Crippen LogP contribution in [0.5, 0.6) is 0 Å². The Morgan fingerprint density at radius 2 is 2.02 bits per heavy atom. The topological polar surface area (TPSA) is 161 Å². The molecule has 0 saturated heterocycles. The Morgan fingerprint density at radius 1 is 1.34 bits per heavy atom. The van der Waals surface area contributed by atoms with Gasteiger partial charge in [0.2, 0.25) is 11.8 Å². The van der Waals surface area contributed by atoms with Crippen LogP contribution in [-0.4, -0.2) is 63.3 Å². The highest BCUT2D eigenvalue weighted by Crippen LogP contribution is 2.32. The average molecular weight is 614 g/mol. The lowest BCUT2D eigenvalue weighted by Crippen LogP contribution is -2.48. The molecule has 3 N–H and O–H groups in total. The number of hydrogen-bond donors (Lipinski definition) is 3. The quantitative estimate of drug-likeness (QED) is 0.402. The molecule has 1 aliphatic rings. The summed E-state index contributed by atoms with van der Waals surface area (Å²) in [6, 6.07) is 6.36. The van der Waals surface area contributed by atoms with Gasteiger partial charge in [0.05, 0.1) is 40.1 Å². The molecule has 1 aromatic carbocycles. The van der Waals surface area contributed by atoms with E-state index in [-0.39, 0.29) is 45.7 Å². The number of nitrogens with one attached hydrogen (secondary N) is 3. The second-order valence-corrected chi connectivity index (χ2v) is 12.8. The maximum atomic E-state index is 13.6. The van der Waals surface area contributed by atoms with E-state index in [1.807, 2.05) is 6.07 Å². The molecule has 3 rings (SSSR count). The number of nitriles is 1. The minimum Gasteiger partial charge on any atom is -0.470 e. The van der Waals surface area contributed by atoms with Crippen molar-refractivity contribution in [2.24, 2.45) is 5.10 Å². The third-order valence-electron chi connectivity index (χ3n) is 5.59. The van der Waals surface area contributed by atoms with E-state index in [0.29, 0.717) is 5.56 Å². The Morgan fingerprint density at radius 3 is 2.61 bits per heavy atom. The SMILES string of the molecule is Cc1cc(C#N)cc(C(=O)NC(C)(C)CS(C)(=N)=O)c1NC(=O)C1CC(OCC(F)(F)F)=NN1c1ncccc1Cl. The molecule has 1 aliphatic heterocycles. The van der Waals surface area contributed by atoms with Gasteiger partial charge in [0.1, 0.15) is 6.04 Å². The summed E-state index contributed by atoms with van der Waals surface area (Å²) >= 11 is 6.22. The van der Waals surface area contributed by atoms with E-state index in [1.165, 1.54) is 36.7 Å². The number of rotatable bonds is 8. The number of carbonyl (C=O) groups excluding carboxylic acids is 2. The van der Waals surface area contributed by atoms with Gasteiger partial charge in [0.15, 0.2) is 12.4 Å². The molecule has 41 heavy (non-hydrogen) atoms. The molecule has 0 radical (unpaired) electrons. The van der Waals surface area contributed by atoms with Crippen molar-refractivity contribution >= 4 is 50.5 Å². The Hall–Kier alpha value is -3.90. The number of aromatic nitrogens is 1. The Balaban J connectivity index is 1.96. The van der Waals surface area contributed by atoms with Crippen LogP contribution < -0.4 is 15.6 Å². The highest BCUT2D eigenvalue weighted by atomic mass is 35.5. The van der Waals surface area contributed by atoms with Crippen molar-refractivity contribution in [2.75, 3.05) is 28.9 Å². The zero-order valence-electron chi connectivity index (χ0n) is 22.4. The van der Waals surface area contributed by atoms with Gasteiger partial charge in [0, 0.05) is 27.7 Å². The lowest BCUT2D eigenvalue weighted by atomic mass is 10.0. The fraction of sp³-hybridized carbons (Fsp3) is 0.400. The summed E-state index contributed by atoms with van der Waals surface area (Å²) in [5, 5.41) is 19.9. The summed E-state index contributed by atoms with van der Waals surface area (Å²) in [7, 11) is -2.98. The number of anilines is 2. The van der Waals surface area contributed by atoms with Gasteiger partial charge >= 0.3 is 6.18 Å². The summed E-state index contributed by atoms with van der Waals surface area (Å²) in [6.45, 7) is 3.09. The van der Waals surface area contributed by atoms with Crippen molar-refractivity contribution in [3.63, 3.8) is 0 Å². The van der Waals surface area contributed by atoms with Crippen LogP contribution in [0.15, 0.2) is 35.6 Å². The van der Waals surface area contributed by atoms with Crippen molar-refractivity contribution in [3.8, 4) is 6.07 Å². The average Bonchev–Trinajstić information content (AvgIpc) is 3.26. The van der Waals surface area contributed by atoms with Crippen LogP contribution in [0.1, 0.15) is 41.8 Å². The molecular formula is C25H27ClF3N7O4S. The molecule has 2 atom stereocenters. The summed E-state index contributed by atoms with van der Waals surface area (Å²) in [6.07, 6.45) is -2.41. The molecule has 2 amide bonds. The normalized spacial score (nSPS) is 16.8. The monoisotopic (exact) mass is 613 g/mol.